The summed E-state index contributed by atoms with van der Waals surface area (Å²) in [7, 11) is 0. The standard InChI is InChI=1S/C14H23NOS/c1-4-17-14-8-6-5-7-13(14)12(3)15-9-11(2)10-16/h5-8,11-12,15-16H,4,9-10H2,1-3H3. The Balaban J connectivity index is 2.64. The van der Waals surface area contributed by atoms with Crippen LogP contribution in [0.25, 0.3) is 0 Å². The van der Waals surface area contributed by atoms with Crippen LogP contribution < -0.4 is 5.32 Å². The summed E-state index contributed by atoms with van der Waals surface area (Å²) in [5.41, 5.74) is 1.35. The minimum atomic E-state index is 0.241. The number of benzene rings is 1. The third-order valence-electron chi connectivity index (χ3n) is 2.77. The highest BCUT2D eigenvalue weighted by Crippen LogP contribution is 2.27. The van der Waals surface area contributed by atoms with E-state index in [9.17, 15) is 0 Å². The van der Waals surface area contributed by atoms with E-state index in [0.717, 1.165) is 12.3 Å². The van der Waals surface area contributed by atoms with Gasteiger partial charge in [0, 0.05) is 24.1 Å². The molecule has 0 aliphatic carbocycles. The van der Waals surface area contributed by atoms with Crippen molar-refractivity contribution in [3.63, 3.8) is 0 Å². The smallest absolute Gasteiger partial charge is 0.0468 e. The fourth-order valence-corrected chi connectivity index (χ4v) is 2.57. The maximum absolute atomic E-state index is 9.01. The Morgan fingerprint density at radius 2 is 2.00 bits per heavy atom. The summed E-state index contributed by atoms with van der Waals surface area (Å²) in [6, 6.07) is 8.86. The minimum Gasteiger partial charge on any atom is -0.396 e. The van der Waals surface area contributed by atoms with E-state index in [0.29, 0.717) is 12.0 Å². The SMILES string of the molecule is CCSc1ccccc1C(C)NCC(C)CO. The molecule has 96 valence electrons. The first kappa shape index (κ1) is 14.6. The Kier molecular flexibility index (Phi) is 6.63. The number of rotatable bonds is 7. The second-order valence-electron chi connectivity index (χ2n) is 4.39. The van der Waals surface area contributed by atoms with Crippen LogP contribution in [-0.2, 0) is 0 Å². The Bertz CT molecular complexity index is 330. The third-order valence-corrected chi connectivity index (χ3v) is 3.74. The molecule has 0 amide bonds. The van der Waals surface area contributed by atoms with Gasteiger partial charge in [-0.25, -0.2) is 0 Å². The van der Waals surface area contributed by atoms with E-state index >= 15 is 0 Å². The molecule has 2 unspecified atom stereocenters. The number of aliphatic hydroxyl groups is 1. The normalized spacial score (nSPS) is 14.6. The zero-order valence-corrected chi connectivity index (χ0v) is 11.8. The lowest BCUT2D eigenvalue weighted by Crippen LogP contribution is -2.26. The molecule has 0 saturated heterocycles. The van der Waals surface area contributed by atoms with Crippen LogP contribution in [-0.4, -0.2) is 24.0 Å². The molecule has 1 rings (SSSR count). The highest BCUT2D eigenvalue weighted by molar-refractivity contribution is 7.99. The maximum Gasteiger partial charge on any atom is 0.0468 e. The first-order chi connectivity index (χ1) is 8.19. The molecule has 0 saturated carbocycles. The molecule has 2 nitrogen and oxygen atoms in total. The first-order valence-corrected chi connectivity index (χ1v) is 7.23. The van der Waals surface area contributed by atoms with Crippen molar-refractivity contribution in [1.29, 1.82) is 0 Å². The molecule has 0 heterocycles. The van der Waals surface area contributed by atoms with Crippen LogP contribution in [0.5, 0.6) is 0 Å². The summed E-state index contributed by atoms with van der Waals surface area (Å²) in [6.07, 6.45) is 0. The van der Waals surface area contributed by atoms with Gasteiger partial charge in [0.1, 0.15) is 0 Å². The summed E-state index contributed by atoms with van der Waals surface area (Å²) in [5.74, 6) is 1.40. The van der Waals surface area contributed by atoms with E-state index < -0.39 is 0 Å². The highest BCUT2D eigenvalue weighted by atomic mass is 32.2. The molecule has 0 aliphatic rings. The van der Waals surface area contributed by atoms with Crippen LogP contribution in [0.15, 0.2) is 29.2 Å². The van der Waals surface area contributed by atoms with Gasteiger partial charge in [-0.05, 0) is 30.2 Å². The van der Waals surface area contributed by atoms with Gasteiger partial charge in [-0.2, -0.15) is 0 Å². The number of hydrogen-bond acceptors (Lipinski definition) is 3. The van der Waals surface area contributed by atoms with Gasteiger partial charge in [0.25, 0.3) is 0 Å². The molecule has 2 atom stereocenters. The predicted octanol–water partition coefficient (Wildman–Crippen LogP) is 3.08. The maximum atomic E-state index is 9.01. The average molecular weight is 253 g/mol. The highest BCUT2D eigenvalue weighted by Gasteiger charge is 2.10. The summed E-state index contributed by atoms with van der Waals surface area (Å²) in [6.45, 7) is 7.49. The quantitative estimate of drug-likeness (QED) is 0.733. The molecule has 0 spiro atoms. The lowest BCUT2D eigenvalue weighted by Gasteiger charge is -2.19. The average Bonchev–Trinajstić information content (AvgIpc) is 2.36. The molecule has 2 N–H and O–H groups in total. The van der Waals surface area contributed by atoms with Crippen LogP contribution in [0.4, 0.5) is 0 Å². The molecule has 0 aromatic heterocycles. The molecule has 0 aliphatic heterocycles. The van der Waals surface area contributed by atoms with Gasteiger partial charge in [-0.3, -0.25) is 0 Å². The molecule has 1 aromatic carbocycles. The Hall–Kier alpha value is -0.510. The zero-order valence-electron chi connectivity index (χ0n) is 10.9. The Morgan fingerprint density at radius 3 is 2.65 bits per heavy atom. The van der Waals surface area contributed by atoms with Gasteiger partial charge in [-0.1, -0.05) is 32.0 Å². The van der Waals surface area contributed by atoms with Crippen LogP contribution in [0.2, 0.25) is 0 Å². The monoisotopic (exact) mass is 253 g/mol. The molecule has 1 aromatic rings. The number of aliphatic hydroxyl groups excluding tert-OH is 1. The van der Waals surface area contributed by atoms with E-state index in [2.05, 4.69) is 43.4 Å². The lowest BCUT2D eigenvalue weighted by molar-refractivity contribution is 0.231. The Labute approximate surface area is 109 Å². The lowest BCUT2D eigenvalue weighted by atomic mass is 10.1. The van der Waals surface area contributed by atoms with Crippen molar-refractivity contribution >= 4 is 11.8 Å². The first-order valence-electron chi connectivity index (χ1n) is 6.25. The summed E-state index contributed by atoms with van der Waals surface area (Å²) < 4.78 is 0. The molecule has 0 radical (unpaired) electrons. The summed E-state index contributed by atoms with van der Waals surface area (Å²) >= 11 is 1.88. The minimum absolute atomic E-state index is 0.241. The van der Waals surface area contributed by atoms with Crippen LogP contribution in [0.1, 0.15) is 32.4 Å². The van der Waals surface area contributed by atoms with Gasteiger partial charge < -0.3 is 10.4 Å². The van der Waals surface area contributed by atoms with Crippen LogP contribution >= 0.6 is 11.8 Å². The fourth-order valence-electron chi connectivity index (χ4n) is 1.68. The summed E-state index contributed by atoms with van der Waals surface area (Å²) in [4.78, 5) is 1.35. The Morgan fingerprint density at radius 1 is 1.29 bits per heavy atom. The van der Waals surface area contributed by atoms with Crippen molar-refractivity contribution in [3.8, 4) is 0 Å². The van der Waals surface area contributed by atoms with Crippen LogP contribution in [0, 0.1) is 5.92 Å². The fraction of sp³-hybridized carbons (Fsp3) is 0.571. The molecule has 17 heavy (non-hydrogen) atoms. The second kappa shape index (κ2) is 7.75. The third kappa shape index (κ3) is 4.70. The summed E-state index contributed by atoms with van der Waals surface area (Å²) in [5, 5.41) is 12.5. The number of hydrogen-bond donors (Lipinski definition) is 2. The predicted molar refractivity (Wildman–Crippen MR) is 75.5 cm³/mol. The molecule has 0 fully saturated rings. The van der Waals surface area contributed by atoms with Crippen molar-refractivity contribution < 1.29 is 5.11 Å². The van der Waals surface area contributed by atoms with E-state index in [1.807, 2.05) is 18.7 Å². The van der Waals surface area contributed by atoms with Crippen molar-refractivity contribution in [3.05, 3.63) is 29.8 Å². The van der Waals surface area contributed by atoms with Crippen molar-refractivity contribution in [1.82, 2.24) is 5.32 Å². The van der Waals surface area contributed by atoms with E-state index in [1.54, 1.807) is 0 Å². The van der Waals surface area contributed by atoms with Crippen molar-refractivity contribution in [2.45, 2.75) is 31.7 Å². The topological polar surface area (TPSA) is 32.3 Å². The largest absolute Gasteiger partial charge is 0.396 e. The van der Waals surface area contributed by atoms with Crippen molar-refractivity contribution in [2.75, 3.05) is 18.9 Å². The molecular formula is C14H23NOS. The van der Waals surface area contributed by atoms with E-state index in [4.69, 9.17) is 5.11 Å². The van der Waals surface area contributed by atoms with Gasteiger partial charge in [0.15, 0.2) is 0 Å². The number of nitrogens with one attached hydrogen (secondary N) is 1. The van der Waals surface area contributed by atoms with Crippen LogP contribution in [0.3, 0.4) is 0 Å². The molecule has 3 heteroatoms. The number of thioether (sulfide) groups is 1. The van der Waals surface area contributed by atoms with E-state index in [1.165, 1.54) is 10.5 Å². The molecule has 0 bridgehead atoms. The zero-order chi connectivity index (χ0) is 12.7. The van der Waals surface area contributed by atoms with Gasteiger partial charge in [0.05, 0.1) is 0 Å². The van der Waals surface area contributed by atoms with Gasteiger partial charge >= 0.3 is 0 Å². The molecular weight excluding hydrogens is 230 g/mol. The van der Waals surface area contributed by atoms with Crippen molar-refractivity contribution in [2.24, 2.45) is 5.92 Å². The van der Waals surface area contributed by atoms with E-state index in [-0.39, 0.29) is 6.61 Å². The van der Waals surface area contributed by atoms with Gasteiger partial charge in [0.2, 0.25) is 0 Å². The second-order valence-corrected chi connectivity index (χ2v) is 5.69. The van der Waals surface area contributed by atoms with Gasteiger partial charge in [-0.15, -0.1) is 11.8 Å².